The number of carbonyl (C=O) groups excluding carboxylic acids is 1. The number of pyridine rings is 1. The van der Waals surface area contributed by atoms with Crippen LogP contribution in [0.2, 0.25) is 5.02 Å². The van der Waals surface area contributed by atoms with Crippen LogP contribution in [0.15, 0.2) is 36.5 Å². The number of rotatable bonds is 6. The van der Waals surface area contributed by atoms with Crippen molar-refractivity contribution in [1.29, 1.82) is 0 Å². The van der Waals surface area contributed by atoms with Gasteiger partial charge in [0.15, 0.2) is 0 Å². The van der Waals surface area contributed by atoms with Gasteiger partial charge in [0, 0.05) is 25.8 Å². The lowest BCUT2D eigenvalue weighted by atomic mass is 10.1. The molecule has 1 aromatic heterocycles. The summed E-state index contributed by atoms with van der Waals surface area (Å²) in [6.07, 6.45) is 4.06. The second kappa shape index (κ2) is 9.06. The Morgan fingerprint density at radius 1 is 1.30 bits per heavy atom. The number of nitrogens with one attached hydrogen (secondary N) is 1. The molecule has 1 saturated heterocycles. The van der Waals surface area contributed by atoms with Crippen molar-refractivity contribution in [3.63, 3.8) is 0 Å². The van der Waals surface area contributed by atoms with Crippen molar-refractivity contribution in [2.75, 3.05) is 32.1 Å². The van der Waals surface area contributed by atoms with Crippen molar-refractivity contribution in [3.8, 4) is 5.75 Å². The summed E-state index contributed by atoms with van der Waals surface area (Å²) in [7, 11) is 1.60. The highest BCUT2D eigenvalue weighted by Gasteiger charge is 2.19. The summed E-state index contributed by atoms with van der Waals surface area (Å²) >= 11 is 6.29. The molecule has 0 spiro atoms. The van der Waals surface area contributed by atoms with Crippen LogP contribution in [0.4, 0.5) is 5.82 Å². The molecule has 1 amide bonds. The molecule has 2 N–H and O–H groups in total. The Labute approximate surface area is 164 Å². The van der Waals surface area contributed by atoms with Crippen molar-refractivity contribution in [2.45, 2.75) is 25.4 Å². The number of aliphatic hydroxyl groups excluding tert-OH is 1. The number of hydrogen-bond donors (Lipinski definition) is 2. The zero-order chi connectivity index (χ0) is 19.2. The van der Waals surface area contributed by atoms with Crippen molar-refractivity contribution in [2.24, 2.45) is 0 Å². The number of nitrogens with zero attached hydrogens (tertiary/aromatic N) is 2. The van der Waals surface area contributed by atoms with E-state index in [-0.39, 0.29) is 12.5 Å². The molecule has 1 atom stereocenters. The predicted octanol–water partition coefficient (Wildman–Crippen LogP) is 3.52. The predicted molar refractivity (Wildman–Crippen MR) is 105 cm³/mol. The maximum absolute atomic E-state index is 12.5. The van der Waals surface area contributed by atoms with Crippen LogP contribution in [0.1, 0.15) is 41.3 Å². The lowest BCUT2D eigenvalue weighted by molar-refractivity contribution is 0.0724. The van der Waals surface area contributed by atoms with Gasteiger partial charge in [-0.1, -0.05) is 23.7 Å². The Kier molecular flexibility index (Phi) is 6.53. The number of carbonyl (C=O) groups is 1. The molecule has 1 unspecified atom stereocenters. The number of likely N-dealkylation sites (tertiary alicyclic amines) is 1. The van der Waals surface area contributed by atoms with Crippen LogP contribution in [0.25, 0.3) is 0 Å². The molecule has 144 valence electrons. The number of halogens is 1. The molecule has 0 radical (unpaired) electrons. The molecule has 0 saturated carbocycles. The van der Waals surface area contributed by atoms with Gasteiger partial charge in [0.2, 0.25) is 0 Å². The molecule has 1 aliphatic heterocycles. The first-order valence-corrected chi connectivity index (χ1v) is 9.47. The highest BCUT2D eigenvalue weighted by molar-refractivity contribution is 6.33. The molecule has 2 aromatic rings. The maximum atomic E-state index is 12.5. The van der Waals surface area contributed by atoms with Gasteiger partial charge >= 0.3 is 0 Å². The van der Waals surface area contributed by atoms with E-state index in [2.05, 4.69) is 10.3 Å². The number of anilines is 1. The zero-order valence-corrected chi connectivity index (χ0v) is 16.1. The monoisotopic (exact) mass is 389 g/mol. The SMILES string of the molecule is COc1ccc(C(O)CNc2ncc(C(=O)N3CCCCC3)cc2Cl)cc1. The van der Waals surface area contributed by atoms with E-state index < -0.39 is 6.10 Å². The second-order valence-corrected chi connectivity index (χ2v) is 6.98. The van der Waals surface area contributed by atoms with Gasteiger partial charge in [0.05, 0.1) is 23.8 Å². The van der Waals surface area contributed by atoms with Crippen LogP contribution in [0, 0.1) is 0 Å². The number of aromatic nitrogens is 1. The Morgan fingerprint density at radius 2 is 2.00 bits per heavy atom. The Hall–Kier alpha value is -2.31. The van der Waals surface area contributed by atoms with E-state index >= 15 is 0 Å². The summed E-state index contributed by atoms with van der Waals surface area (Å²) in [6.45, 7) is 1.81. The molecule has 7 heteroatoms. The van der Waals surface area contributed by atoms with Crippen LogP contribution >= 0.6 is 11.6 Å². The summed E-state index contributed by atoms with van der Waals surface area (Å²) < 4.78 is 5.11. The minimum absolute atomic E-state index is 0.0334. The third-order valence-corrected chi connectivity index (χ3v) is 4.98. The lowest BCUT2D eigenvalue weighted by Gasteiger charge is -2.26. The van der Waals surface area contributed by atoms with E-state index in [1.165, 1.54) is 12.6 Å². The van der Waals surface area contributed by atoms with E-state index in [4.69, 9.17) is 16.3 Å². The van der Waals surface area contributed by atoms with Crippen LogP contribution in [-0.2, 0) is 0 Å². The minimum Gasteiger partial charge on any atom is -0.497 e. The van der Waals surface area contributed by atoms with Gasteiger partial charge in [0.25, 0.3) is 5.91 Å². The number of hydrogen-bond acceptors (Lipinski definition) is 5. The standard InChI is InChI=1S/C20H24ClN3O3/c1-27-16-7-5-14(6-8-16)18(25)13-23-19-17(21)11-15(12-22-19)20(26)24-9-3-2-4-10-24/h5-8,11-12,18,25H,2-4,9-10,13H2,1H3,(H,22,23). The van der Waals surface area contributed by atoms with E-state index in [9.17, 15) is 9.90 Å². The zero-order valence-electron chi connectivity index (χ0n) is 15.3. The first kappa shape index (κ1) is 19.5. The van der Waals surface area contributed by atoms with Crippen LogP contribution in [0.3, 0.4) is 0 Å². The van der Waals surface area contributed by atoms with E-state index in [1.54, 1.807) is 37.4 Å². The minimum atomic E-state index is -0.719. The molecule has 1 aliphatic rings. The fourth-order valence-corrected chi connectivity index (χ4v) is 3.33. The van der Waals surface area contributed by atoms with Gasteiger partial charge in [-0.05, 0) is 43.0 Å². The third kappa shape index (κ3) is 4.90. The fraction of sp³-hybridized carbons (Fsp3) is 0.400. The van der Waals surface area contributed by atoms with Gasteiger partial charge in [-0.2, -0.15) is 0 Å². The van der Waals surface area contributed by atoms with Crippen molar-refractivity contribution < 1.29 is 14.6 Å². The number of ether oxygens (including phenoxy) is 1. The number of piperidine rings is 1. The number of aliphatic hydroxyl groups is 1. The first-order chi connectivity index (χ1) is 13.1. The quantitative estimate of drug-likeness (QED) is 0.790. The van der Waals surface area contributed by atoms with Gasteiger partial charge < -0.3 is 20.1 Å². The van der Waals surface area contributed by atoms with E-state index in [0.29, 0.717) is 16.4 Å². The average Bonchev–Trinajstić information content (AvgIpc) is 2.72. The van der Waals surface area contributed by atoms with Crippen LogP contribution in [-0.4, -0.2) is 47.6 Å². The van der Waals surface area contributed by atoms with Crippen molar-refractivity contribution in [3.05, 3.63) is 52.7 Å². The van der Waals surface area contributed by atoms with Crippen molar-refractivity contribution >= 4 is 23.3 Å². The van der Waals surface area contributed by atoms with Gasteiger partial charge in [0.1, 0.15) is 11.6 Å². The largest absolute Gasteiger partial charge is 0.497 e. The first-order valence-electron chi connectivity index (χ1n) is 9.09. The molecule has 0 bridgehead atoms. The van der Waals surface area contributed by atoms with E-state index in [1.807, 2.05) is 4.90 Å². The molecule has 1 fully saturated rings. The summed E-state index contributed by atoms with van der Waals surface area (Å²) in [4.78, 5) is 18.6. The average molecular weight is 390 g/mol. The smallest absolute Gasteiger partial charge is 0.255 e. The normalized spacial score (nSPS) is 15.3. The second-order valence-electron chi connectivity index (χ2n) is 6.58. The number of amides is 1. The third-order valence-electron chi connectivity index (χ3n) is 4.69. The summed E-state index contributed by atoms with van der Waals surface area (Å²) in [6, 6.07) is 8.84. The van der Waals surface area contributed by atoms with Gasteiger partial charge in [-0.3, -0.25) is 4.79 Å². The molecule has 6 nitrogen and oxygen atoms in total. The van der Waals surface area contributed by atoms with Gasteiger partial charge in [-0.15, -0.1) is 0 Å². The van der Waals surface area contributed by atoms with Crippen LogP contribution < -0.4 is 10.1 Å². The lowest BCUT2D eigenvalue weighted by Crippen LogP contribution is -2.35. The molecular formula is C20H24ClN3O3. The van der Waals surface area contributed by atoms with E-state index in [0.717, 1.165) is 37.2 Å². The fourth-order valence-electron chi connectivity index (χ4n) is 3.10. The molecular weight excluding hydrogens is 366 g/mol. The maximum Gasteiger partial charge on any atom is 0.255 e. The summed E-state index contributed by atoms with van der Waals surface area (Å²) in [5.74, 6) is 1.14. The molecule has 2 heterocycles. The highest BCUT2D eigenvalue weighted by atomic mass is 35.5. The Bertz CT molecular complexity index is 777. The molecule has 3 rings (SSSR count). The van der Waals surface area contributed by atoms with Crippen LogP contribution in [0.5, 0.6) is 5.75 Å². The Balaban J connectivity index is 1.60. The molecule has 0 aliphatic carbocycles. The molecule has 27 heavy (non-hydrogen) atoms. The highest BCUT2D eigenvalue weighted by Crippen LogP contribution is 2.24. The molecule has 1 aromatic carbocycles. The number of benzene rings is 1. The van der Waals surface area contributed by atoms with Crippen molar-refractivity contribution in [1.82, 2.24) is 9.88 Å². The topological polar surface area (TPSA) is 74.7 Å². The summed E-state index contributed by atoms with van der Waals surface area (Å²) in [5, 5.41) is 13.7. The summed E-state index contributed by atoms with van der Waals surface area (Å²) in [5.41, 5.74) is 1.25. The number of methoxy groups -OCH3 is 1. The Morgan fingerprint density at radius 3 is 2.63 bits per heavy atom. The van der Waals surface area contributed by atoms with Gasteiger partial charge in [-0.25, -0.2) is 4.98 Å².